The summed E-state index contributed by atoms with van der Waals surface area (Å²) >= 11 is 1.72. The maximum atomic E-state index is 13.3. The maximum absolute atomic E-state index is 13.3. The third-order valence-corrected chi connectivity index (χ3v) is 7.21. The smallest absolute Gasteiger partial charge is 0.255 e. The Balaban J connectivity index is 1.46. The fourth-order valence-corrected chi connectivity index (χ4v) is 5.52. The molecule has 2 aliphatic rings. The summed E-state index contributed by atoms with van der Waals surface area (Å²) in [5, 5.41) is 3.29. The molecule has 4 rings (SSSR count). The Bertz CT molecular complexity index is 862. The van der Waals surface area contributed by atoms with Crippen LogP contribution in [0.2, 0.25) is 0 Å². The largest absolute Gasteiger partial charge is 0.352 e. The lowest BCUT2D eigenvalue weighted by molar-refractivity contribution is -0.125. The molecule has 0 saturated heterocycles. The van der Waals surface area contributed by atoms with Crippen LogP contribution in [-0.2, 0) is 17.1 Å². The third kappa shape index (κ3) is 5.07. The number of carbonyl (C=O) groups excluding carboxylic acids is 2. The zero-order valence-electron chi connectivity index (χ0n) is 17.4. The van der Waals surface area contributed by atoms with E-state index in [1.165, 1.54) is 31.2 Å². The lowest BCUT2D eigenvalue weighted by Gasteiger charge is -2.29. The van der Waals surface area contributed by atoms with Crippen LogP contribution in [0, 0.1) is 0 Å². The van der Waals surface area contributed by atoms with Crippen molar-refractivity contribution < 1.29 is 9.59 Å². The van der Waals surface area contributed by atoms with Crippen LogP contribution in [0.5, 0.6) is 0 Å². The summed E-state index contributed by atoms with van der Waals surface area (Å²) in [6, 6.07) is 17.8. The van der Waals surface area contributed by atoms with Gasteiger partial charge in [0, 0.05) is 29.7 Å². The Hall–Kier alpha value is -2.27. The molecule has 1 fully saturated rings. The standard InChI is InChI=1S/C25H30N2O2S/c28-24(26-21-13-6-1-2-7-14-21)23(18-30-17-19-10-4-3-5-11-19)27-16-20-12-8-9-15-22(20)25(27)29/h3-5,8-12,15,21,23H,1-2,6-7,13-14,16-18H2,(H,26,28)/t23-/m0/s1. The molecule has 0 aromatic heterocycles. The summed E-state index contributed by atoms with van der Waals surface area (Å²) in [6.45, 7) is 0.518. The predicted octanol–water partition coefficient (Wildman–Crippen LogP) is 4.78. The highest BCUT2D eigenvalue weighted by Gasteiger charge is 2.36. The summed E-state index contributed by atoms with van der Waals surface area (Å²) in [5.74, 6) is 1.42. The number of amides is 2. The van der Waals surface area contributed by atoms with Crippen molar-refractivity contribution in [3.05, 3.63) is 71.3 Å². The summed E-state index contributed by atoms with van der Waals surface area (Å²) in [7, 11) is 0. The molecular weight excluding hydrogens is 392 g/mol. The van der Waals surface area contributed by atoms with Gasteiger partial charge in [-0.2, -0.15) is 11.8 Å². The third-order valence-electron chi connectivity index (χ3n) is 6.12. The van der Waals surface area contributed by atoms with Crippen molar-refractivity contribution in [1.29, 1.82) is 0 Å². The molecule has 1 N–H and O–H groups in total. The van der Waals surface area contributed by atoms with Gasteiger partial charge in [0.2, 0.25) is 5.91 Å². The van der Waals surface area contributed by atoms with E-state index < -0.39 is 6.04 Å². The second kappa shape index (κ2) is 10.2. The van der Waals surface area contributed by atoms with Crippen LogP contribution in [0.3, 0.4) is 0 Å². The number of nitrogens with zero attached hydrogens (tertiary/aromatic N) is 1. The van der Waals surface area contributed by atoms with Gasteiger partial charge in [-0.1, -0.05) is 74.2 Å². The number of rotatable bonds is 7. The number of thioether (sulfide) groups is 1. The first-order chi connectivity index (χ1) is 14.7. The first-order valence-electron chi connectivity index (χ1n) is 11.0. The molecule has 0 unspecified atom stereocenters. The van der Waals surface area contributed by atoms with E-state index in [-0.39, 0.29) is 17.9 Å². The van der Waals surface area contributed by atoms with Crippen LogP contribution in [0.4, 0.5) is 0 Å². The van der Waals surface area contributed by atoms with Crippen LogP contribution in [0.1, 0.15) is 60.0 Å². The minimum Gasteiger partial charge on any atom is -0.352 e. The Morgan fingerprint density at radius 3 is 2.43 bits per heavy atom. The van der Waals surface area contributed by atoms with E-state index in [4.69, 9.17) is 0 Å². The highest BCUT2D eigenvalue weighted by atomic mass is 32.2. The molecule has 1 aliphatic heterocycles. The average molecular weight is 423 g/mol. The average Bonchev–Trinajstić information content (AvgIpc) is 2.92. The van der Waals surface area contributed by atoms with Gasteiger partial charge >= 0.3 is 0 Å². The molecule has 2 amide bonds. The van der Waals surface area contributed by atoms with Gasteiger partial charge in [-0.25, -0.2) is 0 Å². The van der Waals surface area contributed by atoms with Crippen LogP contribution in [0.25, 0.3) is 0 Å². The normalized spacial score (nSPS) is 18.0. The lowest BCUT2D eigenvalue weighted by Crippen LogP contribution is -2.51. The monoisotopic (exact) mass is 422 g/mol. The summed E-state index contributed by atoms with van der Waals surface area (Å²) in [5.41, 5.74) is 2.99. The quantitative estimate of drug-likeness (QED) is 0.653. The SMILES string of the molecule is O=C(NC1CCCCCC1)[C@H](CSCc1ccccc1)N1Cc2ccccc2C1=O. The van der Waals surface area contributed by atoms with E-state index in [2.05, 4.69) is 17.4 Å². The molecule has 2 aromatic carbocycles. The van der Waals surface area contributed by atoms with Gasteiger partial charge in [-0.15, -0.1) is 0 Å². The van der Waals surface area contributed by atoms with Gasteiger partial charge in [-0.3, -0.25) is 9.59 Å². The van der Waals surface area contributed by atoms with Gasteiger partial charge < -0.3 is 10.2 Å². The van der Waals surface area contributed by atoms with Crippen molar-refractivity contribution in [2.24, 2.45) is 0 Å². The number of fused-ring (bicyclic) bond motifs is 1. The first-order valence-corrected chi connectivity index (χ1v) is 12.2. The molecule has 1 atom stereocenters. The molecule has 4 nitrogen and oxygen atoms in total. The Morgan fingerprint density at radius 1 is 1.00 bits per heavy atom. The molecule has 1 saturated carbocycles. The fraction of sp³-hybridized carbons (Fsp3) is 0.440. The number of benzene rings is 2. The molecule has 0 spiro atoms. The van der Waals surface area contributed by atoms with Crippen LogP contribution >= 0.6 is 11.8 Å². The van der Waals surface area contributed by atoms with Gasteiger partial charge in [0.1, 0.15) is 6.04 Å². The Morgan fingerprint density at radius 2 is 1.70 bits per heavy atom. The number of hydrogen-bond donors (Lipinski definition) is 1. The second-order valence-corrected chi connectivity index (χ2v) is 9.33. The lowest BCUT2D eigenvalue weighted by atomic mass is 10.1. The van der Waals surface area contributed by atoms with E-state index in [0.29, 0.717) is 12.3 Å². The van der Waals surface area contributed by atoms with E-state index >= 15 is 0 Å². The molecule has 1 heterocycles. The van der Waals surface area contributed by atoms with Gasteiger partial charge in [-0.05, 0) is 30.0 Å². The van der Waals surface area contributed by atoms with Gasteiger partial charge in [0.25, 0.3) is 5.91 Å². The van der Waals surface area contributed by atoms with Crippen molar-refractivity contribution in [1.82, 2.24) is 10.2 Å². The van der Waals surface area contributed by atoms with Crippen molar-refractivity contribution >= 4 is 23.6 Å². The molecule has 2 aromatic rings. The van der Waals surface area contributed by atoms with Crippen LogP contribution < -0.4 is 5.32 Å². The summed E-state index contributed by atoms with van der Waals surface area (Å²) in [6.07, 6.45) is 6.94. The first kappa shape index (κ1) is 21.0. The zero-order chi connectivity index (χ0) is 20.8. The number of carbonyl (C=O) groups is 2. The van der Waals surface area contributed by atoms with Crippen LogP contribution in [-0.4, -0.2) is 34.6 Å². The number of hydrogen-bond acceptors (Lipinski definition) is 3. The topological polar surface area (TPSA) is 49.4 Å². The molecule has 5 heteroatoms. The minimum absolute atomic E-state index is 0.00335. The summed E-state index contributed by atoms with van der Waals surface area (Å²) in [4.78, 5) is 28.2. The molecule has 0 radical (unpaired) electrons. The molecule has 1 aliphatic carbocycles. The van der Waals surface area contributed by atoms with Crippen molar-refractivity contribution in [3.63, 3.8) is 0 Å². The molecular formula is C25H30N2O2S. The summed E-state index contributed by atoms with van der Waals surface area (Å²) < 4.78 is 0. The van der Waals surface area contributed by atoms with E-state index in [1.807, 2.05) is 42.5 Å². The highest BCUT2D eigenvalue weighted by molar-refractivity contribution is 7.98. The molecule has 30 heavy (non-hydrogen) atoms. The Labute approximate surface area is 183 Å². The Kier molecular flexibility index (Phi) is 7.11. The highest BCUT2D eigenvalue weighted by Crippen LogP contribution is 2.27. The fourth-order valence-electron chi connectivity index (χ4n) is 4.42. The van der Waals surface area contributed by atoms with E-state index in [9.17, 15) is 9.59 Å². The molecule has 0 bridgehead atoms. The predicted molar refractivity (Wildman–Crippen MR) is 122 cm³/mol. The van der Waals surface area contributed by atoms with Crippen molar-refractivity contribution in [3.8, 4) is 0 Å². The van der Waals surface area contributed by atoms with Crippen molar-refractivity contribution in [2.75, 3.05) is 5.75 Å². The van der Waals surface area contributed by atoms with Crippen LogP contribution in [0.15, 0.2) is 54.6 Å². The molecule has 158 valence electrons. The van der Waals surface area contributed by atoms with E-state index in [1.54, 1.807) is 16.7 Å². The van der Waals surface area contributed by atoms with Gasteiger partial charge in [0.15, 0.2) is 0 Å². The minimum atomic E-state index is -0.443. The zero-order valence-corrected chi connectivity index (χ0v) is 18.2. The maximum Gasteiger partial charge on any atom is 0.255 e. The van der Waals surface area contributed by atoms with Gasteiger partial charge in [0.05, 0.1) is 0 Å². The van der Waals surface area contributed by atoms with E-state index in [0.717, 1.165) is 29.7 Å². The second-order valence-electron chi connectivity index (χ2n) is 8.30. The number of nitrogens with one attached hydrogen (secondary N) is 1. The van der Waals surface area contributed by atoms with Crippen molar-refractivity contribution in [2.45, 2.75) is 62.9 Å².